The summed E-state index contributed by atoms with van der Waals surface area (Å²) in [6.45, 7) is 4.20. The van der Waals surface area contributed by atoms with Gasteiger partial charge in [-0.1, -0.05) is 141 Å². The van der Waals surface area contributed by atoms with Crippen LogP contribution in [0.1, 0.15) is 25.0 Å². The van der Waals surface area contributed by atoms with E-state index in [2.05, 4.69) is 32.0 Å². The molecule has 6 heteroatoms. The Bertz CT molecular complexity index is 3050. The highest BCUT2D eigenvalue weighted by atomic mass is 19.2. The Morgan fingerprint density at radius 2 is 0.949 bits per heavy atom. The van der Waals surface area contributed by atoms with Crippen molar-refractivity contribution in [3.63, 3.8) is 0 Å². The van der Waals surface area contributed by atoms with Gasteiger partial charge in [-0.3, -0.25) is 0 Å². The Kier molecular flexibility index (Phi) is 8.60. The third kappa shape index (κ3) is 5.86. The average molecular weight is 777 g/mol. The van der Waals surface area contributed by atoms with Crippen molar-refractivity contribution in [1.82, 2.24) is 0 Å². The van der Waals surface area contributed by atoms with Gasteiger partial charge in [-0.25, -0.2) is 17.6 Å². The molecule has 286 valence electrons. The molecule has 0 radical (unpaired) electrons. The molecular formula is C53H36F4N2. The minimum atomic E-state index is -1.50. The lowest BCUT2D eigenvalue weighted by atomic mass is 9.82. The van der Waals surface area contributed by atoms with Crippen LogP contribution in [0.15, 0.2) is 182 Å². The Balaban J connectivity index is 1.11. The summed E-state index contributed by atoms with van der Waals surface area (Å²) < 4.78 is 67.5. The number of para-hydroxylation sites is 1. The van der Waals surface area contributed by atoms with Gasteiger partial charge in [0.05, 0.1) is 11.3 Å². The zero-order valence-electron chi connectivity index (χ0n) is 32.2. The second-order valence-corrected chi connectivity index (χ2v) is 15.5. The molecule has 10 rings (SSSR count). The van der Waals surface area contributed by atoms with Gasteiger partial charge in [0.15, 0.2) is 23.3 Å². The SMILES string of the molecule is CC1(C)c2ccccc2-c2ccc(N(c3c(F)c(F)c(-c4ccc(N(c5ccccc5)c5ccc6ccccc6c5)cc4)c(F)c3F)c3cccc4ccccc34)cc21. The maximum absolute atomic E-state index is 17.0. The molecule has 0 spiro atoms. The van der Waals surface area contributed by atoms with E-state index in [1.165, 1.54) is 17.0 Å². The molecule has 0 aromatic heterocycles. The predicted molar refractivity (Wildman–Crippen MR) is 234 cm³/mol. The summed E-state index contributed by atoms with van der Waals surface area (Å²) in [6.07, 6.45) is 0. The van der Waals surface area contributed by atoms with Crippen molar-refractivity contribution in [2.45, 2.75) is 19.3 Å². The van der Waals surface area contributed by atoms with E-state index >= 15 is 17.6 Å². The van der Waals surface area contributed by atoms with Crippen LogP contribution in [0.4, 0.5) is 51.7 Å². The summed E-state index contributed by atoms with van der Waals surface area (Å²) >= 11 is 0. The molecule has 59 heavy (non-hydrogen) atoms. The fraction of sp³-hybridized carbons (Fsp3) is 0.0566. The Morgan fingerprint density at radius 3 is 1.71 bits per heavy atom. The standard InChI is InChI=1S/C53H36F4N2/c1-53(2)44-21-11-10-20-42(44)43-30-29-40(32-45(43)53)59(46-22-12-16-34-14-8-9-19-41(34)46)52-50(56)48(54)47(49(55)51(52)57)35-24-26-38(27-25-35)58(37-17-4-3-5-18-37)39-28-23-33-13-6-7-15-36(33)31-39/h3-32H,1-2H3. The fourth-order valence-corrected chi connectivity index (χ4v) is 8.81. The lowest BCUT2D eigenvalue weighted by molar-refractivity contribution is 0.461. The van der Waals surface area contributed by atoms with Crippen LogP contribution in [0.25, 0.3) is 43.8 Å². The number of hydrogen-bond donors (Lipinski definition) is 0. The maximum atomic E-state index is 17.0. The molecule has 0 heterocycles. The van der Waals surface area contributed by atoms with Gasteiger partial charge >= 0.3 is 0 Å². The number of halogens is 4. The zero-order chi connectivity index (χ0) is 40.4. The van der Waals surface area contributed by atoms with E-state index in [0.717, 1.165) is 49.8 Å². The van der Waals surface area contributed by atoms with Crippen LogP contribution in [0.3, 0.4) is 0 Å². The monoisotopic (exact) mass is 776 g/mol. The largest absolute Gasteiger partial charge is 0.310 e. The molecule has 0 fully saturated rings. The van der Waals surface area contributed by atoms with Crippen molar-refractivity contribution in [1.29, 1.82) is 0 Å². The topological polar surface area (TPSA) is 6.48 Å². The second-order valence-electron chi connectivity index (χ2n) is 15.5. The summed E-state index contributed by atoms with van der Waals surface area (Å²) in [5, 5.41) is 3.59. The highest BCUT2D eigenvalue weighted by Gasteiger charge is 2.37. The summed E-state index contributed by atoms with van der Waals surface area (Å²) in [7, 11) is 0. The second kappa shape index (κ2) is 14.0. The molecule has 9 aromatic rings. The summed E-state index contributed by atoms with van der Waals surface area (Å²) in [4.78, 5) is 3.33. The van der Waals surface area contributed by atoms with Gasteiger partial charge in [0, 0.05) is 33.6 Å². The number of fused-ring (bicyclic) bond motifs is 5. The number of benzene rings is 9. The maximum Gasteiger partial charge on any atom is 0.186 e. The van der Waals surface area contributed by atoms with Crippen LogP contribution in [-0.4, -0.2) is 0 Å². The quantitative estimate of drug-likeness (QED) is 0.117. The normalized spacial score (nSPS) is 12.7. The molecule has 0 aliphatic heterocycles. The first-order valence-electron chi connectivity index (χ1n) is 19.5. The Labute approximate surface area is 339 Å². The van der Waals surface area contributed by atoms with Crippen molar-refractivity contribution >= 4 is 55.7 Å². The van der Waals surface area contributed by atoms with Gasteiger partial charge in [-0.15, -0.1) is 0 Å². The van der Waals surface area contributed by atoms with Crippen LogP contribution in [-0.2, 0) is 5.41 Å². The molecule has 2 nitrogen and oxygen atoms in total. The third-order valence-corrected chi connectivity index (χ3v) is 11.7. The number of rotatable bonds is 7. The zero-order valence-corrected chi connectivity index (χ0v) is 32.2. The van der Waals surface area contributed by atoms with Crippen LogP contribution < -0.4 is 9.80 Å². The van der Waals surface area contributed by atoms with Gasteiger partial charge in [-0.2, -0.15) is 0 Å². The first kappa shape index (κ1) is 36.2. The number of hydrogen-bond acceptors (Lipinski definition) is 2. The van der Waals surface area contributed by atoms with Crippen molar-refractivity contribution in [3.05, 3.63) is 216 Å². The lowest BCUT2D eigenvalue weighted by Crippen LogP contribution is -2.19. The van der Waals surface area contributed by atoms with Crippen LogP contribution in [0.2, 0.25) is 0 Å². The third-order valence-electron chi connectivity index (χ3n) is 11.7. The molecular weight excluding hydrogens is 741 g/mol. The van der Waals surface area contributed by atoms with Crippen molar-refractivity contribution < 1.29 is 17.6 Å². The highest BCUT2D eigenvalue weighted by molar-refractivity contribution is 6.00. The molecule has 0 N–H and O–H groups in total. The minimum Gasteiger partial charge on any atom is -0.310 e. The number of nitrogens with zero attached hydrogens (tertiary/aromatic N) is 2. The molecule has 0 bridgehead atoms. The van der Waals surface area contributed by atoms with E-state index in [1.807, 2.05) is 126 Å². The Hall–Kier alpha value is -7.18. The molecule has 0 unspecified atom stereocenters. The van der Waals surface area contributed by atoms with Gasteiger partial charge < -0.3 is 9.80 Å². The molecule has 0 amide bonds. The minimum absolute atomic E-state index is 0.00613. The molecule has 0 atom stereocenters. The first-order valence-corrected chi connectivity index (χ1v) is 19.5. The van der Waals surface area contributed by atoms with Gasteiger partial charge in [0.1, 0.15) is 5.69 Å². The van der Waals surface area contributed by atoms with Gasteiger partial charge in [-0.05, 0) is 98.6 Å². The predicted octanol–water partition coefficient (Wildman–Crippen LogP) is 15.5. The molecule has 0 saturated carbocycles. The van der Waals surface area contributed by atoms with Gasteiger partial charge in [0.25, 0.3) is 0 Å². The van der Waals surface area contributed by atoms with E-state index in [1.54, 1.807) is 30.3 Å². The summed E-state index contributed by atoms with van der Waals surface area (Å²) in [5.41, 5.74) is 5.23. The van der Waals surface area contributed by atoms with E-state index in [4.69, 9.17) is 0 Å². The van der Waals surface area contributed by atoms with Crippen LogP contribution in [0, 0.1) is 23.3 Å². The number of anilines is 6. The van der Waals surface area contributed by atoms with Crippen LogP contribution in [0.5, 0.6) is 0 Å². The van der Waals surface area contributed by atoms with Crippen molar-refractivity contribution in [2.24, 2.45) is 0 Å². The van der Waals surface area contributed by atoms with Crippen LogP contribution >= 0.6 is 0 Å². The van der Waals surface area contributed by atoms with Gasteiger partial charge in [0.2, 0.25) is 0 Å². The van der Waals surface area contributed by atoms with E-state index in [-0.39, 0.29) is 5.56 Å². The smallest absolute Gasteiger partial charge is 0.186 e. The molecule has 9 aromatic carbocycles. The summed E-state index contributed by atoms with van der Waals surface area (Å²) in [5.74, 6) is -5.97. The van der Waals surface area contributed by atoms with E-state index in [0.29, 0.717) is 22.4 Å². The van der Waals surface area contributed by atoms with E-state index < -0.39 is 39.9 Å². The van der Waals surface area contributed by atoms with E-state index in [9.17, 15) is 0 Å². The fourth-order valence-electron chi connectivity index (χ4n) is 8.81. The Morgan fingerprint density at radius 1 is 0.390 bits per heavy atom. The summed E-state index contributed by atoms with van der Waals surface area (Å²) in [6, 6.07) is 56.7. The van der Waals surface area contributed by atoms with Crippen molar-refractivity contribution in [2.75, 3.05) is 9.80 Å². The molecule has 0 saturated heterocycles. The molecule has 1 aliphatic rings. The first-order chi connectivity index (χ1) is 28.7. The average Bonchev–Trinajstić information content (AvgIpc) is 3.50. The van der Waals surface area contributed by atoms with Crippen molar-refractivity contribution in [3.8, 4) is 22.3 Å². The molecule has 1 aliphatic carbocycles. The highest BCUT2D eigenvalue weighted by Crippen LogP contribution is 2.52. The lowest BCUT2D eigenvalue weighted by Gasteiger charge is -2.30.